The normalized spacial score (nSPS) is 12.8. The number of nitrogens with one attached hydrogen (secondary N) is 2. The summed E-state index contributed by atoms with van der Waals surface area (Å²) in [4.78, 5) is 12.2. The van der Waals surface area contributed by atoms with Gasteiger partial charge in [-0.3, -0.25) is 9.89 Å². The summed E-state index contributed by atoms with van der Waals surface area (Å²) < 4.78 is 0. The Morgan fingerprint density at radius 1 is 1.47 bits per heavy atom. The maximum absolute atomic E-state index is 12.2. The van der Waals surface area contributed by atoms with Gasteiger partial charge in [0.05, 0.1) is 11.7 Å². The van der Waals surface area contributed by atoms with Crippen LogP contribution in [0.1, 0.15) is 30.6 Å². The minimum atomic E-state index is -0.122. The molecule has 0 saturated heterocycles. The quantitative estimate of drug-likeness (QED) is 0.766. The largest absolute Gasteiger partial charge is 0.396 e. The molecule has 1 amide bonds. The number of fused-ring (bicyclic) bond motifs is 1. The maximum atomic E-state index is 12.2. The number of carbonyl (C=O) groups is 1. The molecule has 0 bridgehead atoms. The summed E-state index contributed by atoms with van der Waals surface area (Å²) in [5.41, 5.74) is 1.44. The van der Waals surface area contributed by atoms with Gasteiger partial charge in [0.15, 0.2) is 0 Å². The highest BCUT2D eigenvalue weighted by Gasteiger charge is 2.16. The molecule has 1 aromatic carbocycles. The molecule has 0 aliphatic carbocycles. The predicted molar refractivity (Wildman–Crippen MR) is 73.9 cm³/mol. The highest BCUT2D eigenvalue weighted by molar-refractivity contribution is 5.97. The van der Waals surface area contributed by atoms with Crippen molar-refractivity contribution in [3.8, 4) is 0 Å². The third-order valence-corrected chi connectivity index (χ3v) is 3.27. The lowest BCUT2D eigenvalue weighted by molar-refractivity contribution is 0.0916. The lowest BCUT2D eigenvalue weighted by atomic mass is 10.0. The first-order chi connectivity index (χ1) is 9.11. The van der Waals surface area contributed by atoms with Crippen LogP contribution in [0.4, 0.5) is 0 Å². The van der Waals surface area contributed by atoms with Crippen molar-refractivity contribution in [2.45, 2.75) is 26.3 Å². The number of hydrogen-bond donors (Lipinski definition) is 3. The highest BCUT2D eigenvalue weighted by atomic mass is 16.3. The van der Waals surface area contributed by atoms with Crippen molar-refractivity contribution in [3.05, 3.63) is 30.0 Å². The zero-order chi connectivity index (χ0) is 13.8. The lowest BCUT2D eigenvalue weighted by Gasteiger charge is -2.21. The fourth-order valence-electron chi connectivity index (χ4n) is 2.04. The van der Waals surface area contributed by atoms with E-state index in [2.05, 4.69) is 15.5 Å². The first-order valence-electron chi connectivity index (χ1n) is 6.46. The molecule has 1 unspecified atom stereocenters. The van der Waals surface area contributed by atoms with E-state index in [0.717, 1.165) is 10.9 Å². The van der Waals surface area contributed by atoms with E-state index in [0.29, 0.717) is 12.0 Å². The van der Waals surface area contributed by atoms with Crippen LogP contribution in [-0.4, -0.2) is 33.9 Å². The molecule has 2 aromatic rings. The van der Waals surface area contributed by atoms with Gasteiger partial charge in [0.2, 0.25) is 0 Å². The first-order valence-corrected chi connectivity index (χ1v) is 6.46. The Morgan fingerprint density at radius 2 is 2.26 bits per heavy atom. The molecular weight excluding hydrogens is 242 g/mol. The van der Waals surface area contributed by atoms with Crippen LogP contribution >= 0.6 is 0 Å². The first kappa shape index (κ1) is 13.5. The molecule has 0 radical (unpaired) electrons. The lowest BCUT2D eigenvalue weighted by Crippen LogP contribution is -2.39. The van der Waals surface area contributed by atoms with Crippen LogP contribution < -0.4 is 5.32 Å². The molecule has 102 valence electrons. The van der Waals surface area contributed by atoms with E-state index in [1.54, 1.807) is 18.3 Å². The molecule has 0 aliphatic heterocycles. The highest BCUT2D eigenvalue weighted by Crippen LogP contribution is 2.14. The fraction of sp³-hybridized carbons (Fsp3) is 0.429. The Bertz CT molecular complexity index is 563. The van der Waals surface area contributed by atoms with Crippen LogP contribution in [0.2, 0.25) is 0 Å². The molecule has 19 heavy (non-hydrogen) atoms. The molecule has 0 saturated carbocycles. The summed E-state index contributed by atoms with van der Waals surface area (Å²) in [6.45, 7) is 4.13. The minimum Gasteiger partial charge on any atom is -0.396 e. The Kier molecular flexibility index (Phi) is 4.16. The number of aromatic amines is 1. The van der Waals surface area contributed by atoms with Crippen LogP contribution in [0, 0.1) is 5.92 Å². The maximum Gasteiger partial charge on any atom is 0.251 e. The van der Waals surface area contributed by atoms with Gasteiger partial charge < -0.3 is 10.4 Å². The summed E-state index contributed by atoms with van der Waals surface area (Å²) in [6.07, 6.45) is 2.29. The van der Waals surface area contributed by atoms with Crippen molar-refractivity contribution in [2.24, 2.45) is 5.92 Å². The van der Waals surface area contributed by atoms with Crippen LogP contribution in [0.15, 0.2) is 24.4 Å². The Labute approximate surface area is 112 Å². The number of amides is 1. The molecule has 0 fully saturated rings. The molecular formula is C14H19N3O2. The third-order valence-electron chi connectivity index (χ3n) is 3.27. The average Bonchev–Trinajstić information content (AvgIpc) is 2.85. The number of aliphatic hydroxyl groups is 1. The second-order valence-corrected chi connectivity index (χ2v) is 5.01. The zero-order valence-corrected chi connectivity index (χ0v) is 11.2. The average molecular weight is 261 g/mol. The van der Waals surface area contributed by atoms with E-state index in [1.165, 1.54) is 0 Å². The van der Waals surface area contributed by atoms with E-state index in [4.69, 9.17) is 5.11 Å². The molecule has 1 heterocycles. The Balaban J connectivity index is 2.13. The van der Waals surface area contributed by atoms with Crippen molar-refractivity contribution < 1.29 is 9.90 Å². The second-order valence-electron chi connectivity index (χ2n) is 5.01. The number of hydrogen-bond acceptors (Lipinski definition) is 3. The SMILES string of the molecule is CC(C)C(CCO)NC(=O)c1ccc2cn[nH]c2c1. The molecule has 0 spiro atoms. The third kappa shape index (κ3) is 3.12. The van der Waals surface area contributed by atoms with Crippen molar-refractivity contribution in [1.82, 2.24) is 15.5 Å². The van der Waals surface area contributed by atoms with E-state index in [9.17, 15) is 4.79 Å². The van der Waals surface area contributed by atoms with Crippen molar-refractivity contribution in [2.75, 3.05) is 6.61 Å². The Hall–Kier alpha value is -1.88. The molecule has 1 aromatic heterocycles. The summed E-state index contributed by atoms with van der Waals surface area (Å²) in [5.74, 6) is 0.163. The number of nitrogens with zero attached hydrogens (tertiary/aromatic N) is 1. The van der Waals surface area contributed by atoms with Crippen LogP contribution in [0.5, 0.6) is 0 Å². The number of aliphatic hydroxyl groups excluding tert-OH is 1. The van der Waals surface area contributed by atoms with Gasteiger partial charge >= 0.3 is 0 Å². The number of aromatic nitrogens is 2. The second kappa shape index (κ2) is 5.84. The molecule has 2 rings (SSSR count). The standard InChI is InChI=1S/C14H19N3O2/c1-9(2)12(5-6-18)16-14(19)10-3-4-11-8-15-17-13(11)7-10/h3-4,7-9,12,18H,5-6H2,1-2H3,(H,15,17)(H,16,19). The molecule has 1 atom stereocenters. The van der Waals surface area contributed by atoms with Gasteiger partial charge in [0, 0.05) is 23.6 Å². The number of H-pyrrole nitrogens is 1. The van der Waals surface area contributed by atoms with Crippen LogP contribution in [-0.2, 0) is 0 Å². The fourth-order valence-corrected chi connectivity index (χ4v) is 2.04. The van der Waals surface area contributed by atoms with Crippen molar-refractivity contribution in [1.29, 1.82) is 0 Å². The van der Waals surface area contributed by atoms with Gasteiger partial charge in [-0.2, -0.15) is 5.10 Å². The van der Waals surface area contributed by atoms with Crippen LogP contribution in [0.25, 0.3) is 10.9 Å². The summed E-state index contributed by atoms with van der Waals surface area (Å²) in [7, 11) is 0. The van der Waals surface area contributed by atoms with E-state index < -0.39 is 0 Å². The topological polar surface area (TPSA) is 78.0 Å². The molecule has 5 heteroatoms. The molecule has 5 nitrogen and oxygen atoms in total. The van der Waals surface area contributed by atoms with E-state index in [-0.39, 0.29) is 24.5 Å². The van der Waals surface area contributed by atoms with Gasteiger partial charge in [-0.25, -0.2) is 0 Å². The Morgan fingerprint density at radius 3 is 2.95 bits per heavy atom. The van der Waals surface area contributed by atoms with Gasteiger partial charge in [-0.05, 0) is 24.5 Å². The van der Waals surface area contributed by atoms with E-state index >= 15 is 0 Å². The smallest absolute Gasteiger partial charge is 0.251 e. The van der Waals surface area contributed by atoms with Crippen molar-refractivity contribution >= 4 is 16.8 Å². The van der Waals surface area contributed by atoms with E-state index in [1.807, 2.05) is 19.9 Å². The summed E-state index contributed by atoms with van der Waals surface area (Å²) in [6, 6.07) is 5.41. The molecule has 0 aliphatic rings. The van der Waals surface area contributed by atoms with Crippen LogP contribution in [0.3, 0.4) is 0 Å². The van der Waals surface area contributed by atoms with Gasteiger partial charge in [0.1, 0.15) is 0 Å². The summed E-state index contributed by atoms with van der Waals surface area (Å²) in [5, 5.41) is 19.7. The number of carbonyl (C=O) groups excluding carboxylic acids is 1. The predicted octanol–water partition coefficient (Wildman–Crippen LogP) is 1.70. The number of rotatable bonds is 5. The zero-order valence-electron chi connectivity index (χ0n) is 11.2. The van der Waals surface area contributed by atoms with Gasteiger partial charge in [-0.15, -0.1) is 0 Å². The monoisotopic (exact) mass is 261 g/mol. The minimum absolute atomic E-state index is 0.0186. The van der Waals surface area contributed by atoms with Gasteiger partial charge in [-0.1, -0.05) is 19.9 Å². The molecule has 3 N–H and O–H groups in total. The van der Waals surface area contributed by atoms with Gasteiger partial charge in [0.25, 0.3) is 5.91 Å². The van der Waals surface area contributed by atoms with Crippen molar-refractivity contribution in [3.63, 3.8) is 0 Å². The summed E-state index contributed by atoms with van der Waals surface area (Å²) >= 11 is 0. The number of benzene rings is 1.